The average Bonchev–Trinajstić information content (AvgIpc) is 3.25. The fraction of sp³-hybridized carbons (Fsp3) is 0.258. The van der Waals surface area contributed by atoms with E-state index < -0.39 is 23.6 Å². The van der Waals surface area contributed by atoms with Gasteiger partial charge in [-0.25, -0.2) is 0 Å². The monoisotopic (exact) mass is 641 g/mol. The molecular formula is C31H29Cl2N3O6S. The third-order valence-corrected chi connectivity index (χ3v) is 8.16. The summed E-state index contributed by atoms with van der Waals surface area (Å²) in [6.45, 7) is 5.03. The molecule has 2 aliphatic rings. The number of hydrogen-bond acceptors (Lipinski definition) is 8. The van der Waals surface area contributed by atoms with Gasteiger partial charge in [0, 0.05) is 40.1 Å². The lowest BCUT2D eigenvalue weighted by Crippen LogP contribution is -2.36. The SMILES string of the molecule is CCOc1cc(/C=C2/SC(=O)N(CC(=O)Nc3ccc(N4CCOCC4)cc3)C2=O)ccc1OCc1ccc(Cl)cc1Cl. The summed E-state index contributed by atoms with van der Waals surface area (Å²) in [6, 6.07) is 17.8. The van der Waals surface area contributed by atoms with Gasteiger partial charge in [-0.2, -0.15) is 0 Å². The Morgan fingerprint density at radius 1 is 1.00 bits per heavy atom. The summed E-state index contributed by atoms with van der Waals surface area (Å²) in [6.07, 6.45) is 1.59. The van der Waals surface area contributed by atoms with Crippen LogP contribution in [0.25, 0.3) is 6.08 Å². The number of imide groups is 1. The van der Waals surface area contributed by atoms with Crippen LogP contribution in [0.2, 0.25) is 10.0 Å². The van der Waals surface area contributed by atoms with Crippen LogP contribution in [-0.2, 0) is 20.9 Å². The van der Waals surface area contributed by atoms with E-state index in [1.54, 1.807) is 54.6 Å². The van der Waals surface area contributed by atoms with E-state index in [-0.39, 0.29) is 11.5 Å². The first-order valence-corrected chi connectivity index (χ1v) is 15.2. The number of carbonyl (C=O) groups is 3. The number of nitrogens with zero attached hydrogens (tertiary/aromatic N) is 2. The van der Waals surface area contributed by atoms with Gasteiger partial charge in [-0.05, 0) is 78.9 Å². The highest BCUT2D eigenvalue weighted by atomic mass is 35.5. The number of rotatable bonds is 10. The molecule has 5 rings (SSSR count). The van der Waals surface area contributed by atoms with Crippen LogP contribution in [0.3, 0.4) is 0 Å². The van der Waals surface area contributed by atoms with Gasteiger partial charge in [-0.3, -0.25) is 19.3 Å². The fourth-order valence-electron chi connectivity index (χ4n) is 4.51. The number of halogens is 2. The highest BCUT2D eigenvalue weighted by Gasteiger charge is 2.36. The molecule has 0 aliphatic carbocycles. The molecule has 0 radical (unpaired) electrons. The number of morpholine rings is 1. The molecule has 12 heteroatoms. The molecule has 224 valence electrons. The summed E-state index contributed by atoms with van der Waals surface area (Å²) in [4.78, 5) is 41.8. The first-order chi connectivity index (χ1) is 20.8. The predicted octanol–water partition coefficient (Wildman–Crippen LogP) is 6.48. The van der Waals surface area contributed by atoms with Crippen molar-refractivity contribution in [3.63, 3.8) is 0 Å². The molecule has 3 aromatic rings. The predicted molar refractivity (Wildman–Crippen MR) is 169 cm³/mol. The average molecular weight is 643 g/mol. The normalized spacial score (nSPS) is 16.1. The summed E-state index contributed by atoms with van der Waals surface area (Å²) in [7, 11) is 0. The lowest BCUT2D eigenvalue weighted by atomic mass is 10.1. The van der Waals surface area contributed by atoms with Crippen LogP contribution in [0.5, 0.6) is 11.5 Å². The van der Waals surface area contributed by atoms with E-state index in [4.69, 9.17) is 37.4 Å². The van der Waals surface area contributed by atoms with Crippen molar-refractivity contribution < 1.29 is 28.6 Å². The van der Waals surface area contributed by atoms with E-state index in [1.807, 2.05) is 19.1 Å². The Balaban J connectivity index is 1.21. The second kappa shape index (κ2) is 14.2. The van der Waals surface area contributed by atoms with Crippen LogP contribution >= 0.6 is 35.0 Å². The summed E-state index contributed by atoms with van der Waals surface area (Å²) in [5.41, 5.74) is 3.01. The molecule has 2 heterocycles. The minimum Gasteiger partial charge on any atom is -0.490 e. The molecular weight excluding hydrogens is 613 g/mol. The standard InChI is InChI=1S/C31H29Cl2N3O6S/c1-2-41-27-15-20(3-10-26(27)42-19-21-4-5-22(32)17-25(21)33)16-28-30(38)36(31(39)43-28)18-29(37)34-23-6-8-24(9-7-23)35-11-13-40-14-12-35/h3-10,15-17H,2,11-14,18-19H2,1H3,(H,34,37)/b28-16+. The van der Waals surface area contributed by atoms with Crippen LogP contribution in [0.4, 0.5) is 16.2 Å². The molecule has 0 atom stereocenters. The maximum Gasteiger partial charge on any atom is 0.294 e. The topological polar surface area (TPSA) is 97.4 Å². The summed E-state index contributed by atoms with van der Waals surface area (Å²) < 4.78 is 17.1. The highest BCUT2D eigenvalue weighted by molar-refractivity contribution is 8.18. The maximum atomic E-state index is 13.1. The van der Waals surface area contributed by atoms with Crippen molar-refractivity contribution in [1.29, 1.82) is 0 Å². The largest absolute Gasteiger partial charge is 0.490 e. The lowest BCUT2D eigenvalue weighted by Gasteiger charge is -2.28. The third-order valence-electron chi connectivity index (χ3n) is 6.67. The van der Waals surface area contributed by atoms with Crippen molar-refractivity contribution in [3.05, 3.63) is 86.7 Å². The van der Waals surface area contributed by atoms with Crippen molar-refractivity contribution in [3.8, 4) is 11.5 Å². The van der Waals surface area contributed by atoms with E-state index in [2.05, 4.69) is 10.2 Å². The summed E-state index contributed by atoms with van der Waals surface area (Å²) >= 11 is 13.0. The third kappa shape index (κ3) is 7.83. The first-order valence-electron chi connectivity index (χ1n) is 13.6. The second-order valence-electron chi connectivity index (χ2n) is 9.63. The number of hydrogen-bond donors (Lipinski definition) is 1. The molecule has 0 unspecified atom stereocenters. The smallest absolute Gasteiger partial charge is 0.294 e. The van der Waals surface area contributed by atoms with Crippen LogP contribution in [0, 0.1) is 0 Å². The molecule has 43 heavy (non-hydrogen) atoms. The number of nitrogens with one attached hydrogen (secondary N) is 1. The van der Waals surface area contributed by atoms with Gasteiger partial charge in [0.05, 0.1) is 24.7 Å². The lowest BCUT2D eigenvalue weighted by molar-refractivity contribution is -0.127. The first kappa shape index (κ1) is 30.7. The number of thioether (sulfide) groups is 1. The van der Waals surface area contributed by atoms with Crippen molar-refractivity contribution >= 4 is 69.5 Å². The van der Waals surface area contributed by atoms with Gasteiger partial charge < -0.3 is 24.4 Å². The van der Waals surface area contributed by atoms with E-state index in [0.29, 0.717) is 52.6 Å². The summed E-state index contributed by atoms with van der Waals surface area (Å²) in [5.74, 6) is -0.0422. The Morgan fingerprint density at radius 3 is 2.49 bits per heavy atom. The van der Waals surface area contributed by atoms with Crippen LogP contribution in [0.15, 0.2) is 65.6 Å². The van der Waals surface area contributed by atoms with Crippen molar-refractivity contribution in [2.24, 2.45) is 0 Å². The zero-order valence-electron chi connectivity index (χ0n) is 23.3. The Kier molecular flexibility index (Phi) is 10.1. The summed E-state index contributed by atoms with van der Waals surface area (Å²) in [5, 5.41) is 3.27. The molecule has 0 bridgehead atoms. The Morgan fingerprint density at radius 2 is 1.77 bits per heavy atom. The van der Waals surface area contributed by atoms with Gasteiger partial charge in [0.15, 0.2) is 11.5 Å². The van der Waals surface area contributed by atoms with Crippen LogP contribution < -0.4 is 19.7 Å². The Hall–Kier alpha value is -3.70. The zero-order valence-corrected chi connectivity index (χ0v) is 25.6. The molecule has 0 aromatic heterocycles. The number of benzene rings is 3. The minimum atomic E-state index is -0.538. The molecule has 3 amide bonds. The van der Waals surface area contributed by atoms with Gasteiger partial charge in [0.1, 0.15) is 13.2 Å². The van der Waals surface area contributed by atoms with Crippen molar-refractivity contribution in [1.82, 2.24) is 4.90 Å². The maximum absolute atomic E-state index is 13.1. The molecule has 2 saturated heterocycles. The van der Waals surface area contributed by atoms with E-state index in [0.717, 1.165) is 41.0 Å². The van der Waals surface area contributed by atoms with Crippen molar-refractivity contribution in [2.45, 2.75) is 13.5 Å². The van der Waals surface area contributed by atoms with E-state index >= 15 is 0 Å². The number of ether oxygens (including phenoxy) is 3. The van der Waals surface area contributed by atoms with Gasteiger partial charge in [0.25, 0.3) is 11.1 Å². The zero-order chi connectivity index (χ0) is 30.3. The quantitative estimate of drug-likeness (QED) is 0.251. The number of carbonyl (C=O) groups excluding carboxylic acids is 3. The van der Waals surface area contributed by atoms with Crippen LogP contribution in [-0.4, -0.2) is 61.4 Å². The molecule has 0 saturated carbocycles. The molecule has 2 aliphatic heterocycles. The van der Waals surface area contributed by atoms with Crippen LogP contribution in [0.1, 0.15) is 18.1 Å². The highest BCUT2D eigenvalue weighted by Crippen LogP contribution is 2.35. The molecule has 2 fully saturated rings. The Bertz CT molecular complexity index is 1540. The molecule has 9 nitrogen and oxygen atoms in total. The minimum absolute atomic E-state index is 0.203. The Labute approximate surface area is 263 Å². The van der Waals surface area contributed by atoms with Gasteiger partial charge >= 0.3 is 0 Å². The van der Waals surface area contributed by atoms with Gasteiger partial charge in [0.2, 0.25) is 5.91 Å². The fourth-order valence-corrected chi connectivity index (χ4v) is 5.81. The van der Waals surface area contributed by atoms with E-state index in [9.17, 15) is 14.4 Å². The number of amides is 3. The van der Waals surface area contributed by atoms with Gasteiger partial charge in [-0.15, -0.1) is 0 Å². The second-order valence-corrected chi connectivity index (χ2v) is 11.5. The molecule has 1 N–H and O–H groups in total. The van der Waals surface area contributed by atoms with Gasteiger partial charge in [-0.1, -0.05) is 35.3 Å². The molecule has 3 aromatic carbocycles. The van der Waals surface area contributed by atoms with Crippen molar-refractivity contribution in [2.75, 3.05) is 49.7 Å². The molecule has 0 spiro atoms. The van der Waals surface area contributed by atoms with E-state index in [1.165, 1.54) is 0 Å². The number of anilines is 2.